The number of carbonyl (C=O) groups excluding carboxylic acids is 1. The Balaban J connectivity index is 0.00000195. The van der Waals surface area contributed by atoms with E-state index in [1.54, 1.807) is 29.8 Å². The van der Waals surface area contributed by atoms with Crippen LogP contribution in [0.15, 0.2) is 36.7 Å². The van der Waals surface area contributed by atoms with Crippen LogP contribution in [0.25, 0.3) is 21.7 Å². The summed E-state index contributed by atoms with van der Waals surface area (Å²) in [5, 5.41) is 3.84. The molecule has 0 saturated carbocycles. The minimum Gasteiger partial charge on any atom is -0.491 e. The van der Waals surface area contributed by atoms with Gasteiger partial charge in [-0.2, -0.15) is 0 Å². The van der Waals surface area contributed by atoms with Gasteiger partial charge in [0.1, 0.15) is 28.7 Å². The van der Waals surface area contributed by atoms with Crippen LogP contribution in [0.3, 0.4) is 0 Å². The molecule has 0 aliphatic heterocycles. The van der Waals surface area contributed by atoms with E-state index >= 15 is 0 Å². The molecule has 4 aromatic rings. The van der Waals surface area contributed by atoms with Gasteiger partial charge in [0.15, 0.2) is 5.82 Å². The fraction of sp³-hybridized carbons (Fsp3) is 0.346. The highest BCUT2D eigenvalue weighted by atomic mass is 127. The van der Waals surface area contributed by atoms with Crippen LogP contribution in [-0.4, -0.2) is 52.6 Å². The molecule has 0 saturated heterocycles. The number of amides is 1. The maximum absolute atomic E-state index is 12.8. The number of halogens is 1. The smallest absolute Gasteiger partial charge is 0.243 e. The minimum absolute atomic E-state index is 0.113. The Kier molecular flexibility index (Phi) is 11.6. The highest BCUT2D eigenvalue weighted by Crippen LogP contribution is 2.36. The number of aromatic nitrogens is 4. The summed E-state index contributed by atoms with van der Waals surface area (Å²) in [4.78, 5) is 35.0. The summed E-state index contributed by atoms with van der Waals surface area (Å²) in [7, 11) is 1.85. The first-order valence-corrected chi connectivity index (χ1v) is 17.0. The molecular formula is C26H32IN6O3PS. The van der Waals surface area contributed by atoms with Crippen molar-refractivity contribution in [3.8, 4) is 17.3 Å². The molecule has 0 spiro atoms. The first kappa shape index (κ1) is 30.1. The molecule has 0 fully saturated rings. The van der Waals surface area contributed by atoms with E-state index in [-0.39, 0.29) is 12.5 Å². The fourth-order valence-electron chi connectivity index (χ4n) is 3.51. The number of aryl methyl sites for hydroxylation is 3. The molecule has 4 heterocycles. The average molecular weight is 667 g/mol. The van der Waals surface area contributed by atoms with Crippen LogP contribution in [0.4, 0.5) is 11.5 Å². The largest absolute Gasteiger partial charge is 0.491 e. The summed E-state index contributed by atoms with van der Waals surface area (Å²) in [6.45, 7) is 11.5. The number of ether oxygens (including phenoxy) is 1. The van der Waals surface area contributed by atoms with Crippen molar-refractivity contribution >= 4 is 67.5 Å². The average Bonchev–Trinajstić information content (AvgIpc) is 3.21. The van der Waals surface area contributed by atoms with Crippen LogP contribution >= 0.6 is 39.8 Å². The number of likely N-dealkylation sites (N-methyl/N-ethyl adjacent to an activating group) is 1. The Hall–Kier alpha value is -2.47. The Morgan fingerprint density at radius 1 is 1.13 bits per heavy atom. The lowest BCUT2D eigenvalue weighted by Crippen LogP contribution is -2.31. The summed E-state index contributed by atoms with van der Waals surface area (Å²) in [5.41, 5.74) is 3.24. The predicted octanol–water partition coefficient (Wildman–Crippen LogP) is 6.51. The lowest BCUT2D eigenvalue weighted by atomic mass is 10.2. The van der Waals surface area contributed by atoms with E-state index in [2.05, 4.69) is 51.2 Å². The van der Waals surface area contributed by atoms with Crippen LogP contribution in [0.1, 0.15) is 30.0 Å². The van der Waals surface area contributed by atoms with Gasteiger partial charge in [0, 0.05) is 29.9 Å². The number of nitrogens with zero attached hydrogens (tertiary/aromatic N) is 5. The molecule has 0 aliphatic carbocycles. The van der Waals surface area contributed by atoms with Crippen molar-refractivity contribution in [3.05, 3.63) is 52.8 Å². The second kappa shape index (κ2) is 14.6. The zero-order valence-electron chi connectivity index (χ0n) is 22.3. The molecular weight excluding hydrogens is 634 g/mol. The van der Waals surface area contributed by atoms with Gasteiger partial charge in [-0.25, -0.2) is 9.97 Å². The van der Waals surface area contributed by atoms with Gasteiger partial charge in [-0.15, -0.1) is 11.3 Å². The second-order valence-electron chi connectivity index (χ2n) is 8.08. The predicted molar refractivity (Wildman–Crippen MR) is 166 cm³/mol. The molecule has 202 valence electrons. The van der Waals surface area contributed by atoms with Gasteiger partial charge in [0.2, 0.25) is 5.91 Å². The van der Waals surface area contributed by atoms with E-state index in [1.165, 1.54) is 0 Å². The maximum atomic E-state index is 12.8. The molecule has 4 rings (SSSR count). The van der Waals surface area contributed by atoms with E-state index in [0.717, 1.165) is 26.4 Å². The van der Waals surface area contributed by atoms with E-state index in [9.17, 15) is 4.79 Å². The van der Waals surface area contributed by atoms with Gasteiger partial charge >= 0.3 is 0 Å². The van der Waals surface area contributed by atoms with Crippen molar-refractivity contribution in [1.82, 2.24) is 19.9 Å². The number of fused-ring (bicyclic) bond motifs is 1. The summed E-state index contributed by atoms with van der Waals surface area (Å²) in [6.07, 6.45) is 3.33. The number of nitrogens with one attached hydrogen (secondary N) is 1. The zero-order chi connectivity index (χ0) is 27.7. The van der Waals surface area contributed by atoms with Crippen LogP contribution in [0.2, 0.25) is 0 Å². The van der Waals surface area contributed by atoms with Gasteiger partial charge in [-0.1, -0.05) is 13.8 Å². The number of anilines is 2. The zero-order valence-corrected chi connectivity index (χ0v) is 26.3. The number of rotatable bonds is 10. The van der Waals surface area contributed by atoms with Crippen LogP contribution in [0.5, 0.6) is 5.75 Å². The Bertz CT molecular complexity index is 1370. The molecule has 1 amide bonds. The van der Waals surface area contributed by atoms with E-state index in [0.29, 0.717) is 48.4 Å². The number of hydrogen-bond acceptors (Lipinski definition) is 9. The molecule has 0 aromatic carbocycles. The highest BCUT2D eigenvalue weighted by Gasteiger charge is 2.20. The quantitative estimate of drug-likeness (QED) is 0.116. The standard InChI is InChI=1S/C24H26IN6O3PS.C2H6/c1-14-5-6-17(12-27-14)28-20(32)13-31(4)23-21-15(2)16(3)36-24(21)30-22(29-23)19-11-18(7-8-26-19)33-9-10-34-35-25;1-2/h5-8,11-12,35H,9-10,13H2,1-4H3,(H,28,32);1-2H3. The number of pyridine rings is 2. The third-order valence-corrected chi connectivity index (χ3v) is 7.76. The van der Waals surface area contributed by atoms with Crippen molar-refractivity contribution in [2.45, 2.75) is 34.6 Å². The second-order valence-corrected chi connectivity index (χ2v) is 11.0. The van der Waals surface area contributed by atoms with E-state index in [4.69, 9.17) is 19.2 Å². The fourth-order valence-corrected chi connectivity index (χ4v) is 5.36. The van der Waals surface area contributed by atoms with Crippen molar-refractivity contribution in [1.29, 1.82) is 0 Å². The van der Waals surface area contributed by atoms with Gasteiger partial charge in [0.05, 0.1) is 36.9 Å². The molecule has 9 nitrogen and oxygen atoms in total. The first-order valence-electron chi connectivity index (χ1n) is 12.1. The first-order chi connectivity index (χ1) is 18.4. The summed E-state index contributed by atoms with van der Waals surface area (Å²) >= 11 is 3.78. The molecule has 0 aliphatic rings. The van der Waals surface area contributed by atoms with Crippen LogP contribution in [-0.2, 0) is 9.32 Å². The Morgan fingerprint density at radius 3 is 2.63 bits per heavy atom. The summed E-state index contributed by atoms with van der Waals surface area (Å²) in [6, 6.07) is 7.31. The Morgan fingerprint density at radius 2 is 1.92 bits per heavy atom. The third kappa shape index (κ3) is 7.78. The molecule has 4 aromatic heterocycles. The molecule has 12 heteroatoms. The number of hydrogen-bond donors (Lipinski definition) is 1. The van der Waals surface area contributed by atoms with Gasteiger partial charge in [-0.3, -0.25) is 14.8 Å². The van der Waals surface area contributed by atoms with E-state index < -0.39 is 0 Å². The van der Waals surface area contributed by atoms with Crippen molar-refractivity contribution in [3.63, 3.8) is 0 Å². The molecule has 1 N–H and O–H groups in total. The number of carbonyl (C=O) groups is 1. The highest BCUT2D eigenvalue weighted by molar-refractivity contribution is 14.2. The lowest BCUT2D eigenvalue weighted by Gasteiger charge is -2.20. The monoisotopic (exact) mass is 666 g/mol. The maximum Gasteiger partial charge on any atom is 0.243 e. The van der Waals surface area contributed by atoms with Crippen molar-refractivity contribution < 1.29 is 14.1 Å². The summed E-state index contributed by atoms with van der Waals surface area (Å²) < 4.78 is 11.1. The number of thiophene rings is 1. The van der Waals surface area contributed by atoms with E-state index in [1.807, 2.05) is 50.9 Å². The Labute approximate surface area is 242 Å². The minimum atomic E-state index is -0.163. The summed E-state index contributed by atoms with van der Waals surface area (Å²) in [5.74, 6) is 1.66. The molecule has 0 radical (unpaired) electrons. The van der Waals surface area contributed by atoms with Crippen LogP contribution in [0, 0.1) is 20.8 Å². The SMILES string of the molecule is CC.Cc1ccc(NC(=O)CN(C)c2nc(-c3cc(OCCOPI)ccn3)nc3sc(C)c(C)c23)cn1. The van der Waals surface area contributed by atoms with Gasteiger partial charge in [-0.05, 0) is 66.6 Å². The molecule has 1 unspecified atom stereocenters. The third-order valence-electron chi connectivity index (χ3n) is 5.42. The van der Waals surface area contributed by atoms with Crippen molar-refractivity contribution in [2.24, 2.45) is 0 Å². The molecule has 0 bridgehead atoms. The van der Waals surface area contributed by atoms with Gasteiger partial charge < -0.3 is 19.5 Å². The normalized spacial score (nSPS) is 10.9. The van der Waals surface area contributed by atoms with Crippen LogP contribution < -0.4 is 15.0 Å². The lowest BCUT2D eigenvalue weighted by molar-refractivity contribution is -0.114. The van der Waals surface area contributed by atoms with Crippen molar-refractivity contribution in [2.75, 3.05) is 37.0 Å². The topological polar surface area (TPSA) is 102 Å². The van der Waals surface area contributed by atoms with Gasteiger partial charge in [0.25, 0.3) is 0 Å². The molecule has 38 heavy (non-hydrogen) atoms. The molecule has 1 atom stereocenters.